The van der Waals surface area contributed by atoms with Crippen molar-refractivity contribution >= 4 is 33.6 Å². The molecule has 1 N–H and O–H groups in total. The van der Waals surface area contributed by atoms with Crippen LogP contribution < -0.4 is 10.1 Å². The summed E-state index contributed by atoms with van der Waals surface area (Å²) in [4.78, 5) is 14.8. The van der Waals surface area contributed by atoms with Crippen molar-refractivity contribution in [1.82, 2.24) is 4.90 Å². The van der Waals surface area contributed by atoms with Crippen LogP contribution in [-0.2, 0) is 11.2 Å². The maximum Gasteiger partial charge on any atom is 0.248 e. The molecule has 0 atom stereocenters. The first-order valence-electron chi connectivity index (χ1n) is 10.6. The number of nitrogens with zero attached hydrogens (tertiary/aromatic N) is 1. The smallest absolute Gasteiger partial charge is 0.248 e. The number of anilines is 1. The summed E-state index contributed by atoms with van der Waals surface area (Å²) in [6.45, 7) is 9.87. The number of carbonyl (C=O) groups excluding carboxylic acids is 1. The van der Waals surface area contributed by atoms with Gasteiger partial charge in [0, 0.05) is 23.8 Å². The van der Waals surface area contributed by atoms with Gasteiger partial charge in [0.1, 0.15) is 11.6 Å². The van der Waals surface area contributed by atoms with E-state index in [-0.39, 0.29) is 11.7 Å². The van der Waals surface area contributed by atoms with Gasteiger partial charge in [0.2, 0.25) is 5.91 Å². The Hall–Kier alpha value is -2.18. The topological polar surface area (TPSA) is 41.6 Å². The van der Waals surface area contributed by atoms with Crippen LogP contribution in [0.4, 0.5) is 10.1 Å². The highest BCUT2D eigenvalue weighted by atomic mass is 79.9. The number of rotatable bonds is 10. The molecule has 0 aliphatic rings. The Morgan fingerprint density at radius 3 is 2.48 bits per heavy atom. The SMILES string of the molecule is COc1ccc(NC(=O)C=Cc2ccc(F)c(Br)c2)cc1CCCN(C(C)C)C(C)C. The fourth-order valence-corrected chi connectivity index (χ4v) is 3.98. The normalized spacial score (nSPS) is 11.7. The molecule has 168 valence electrons. The minimum absolute atomic E-state index is 0.248. The number of aryl methyl sites for hydroxylation is 1. The van der Waals surface area contributed by atoms with Crippen molar-refractivity contribution in [3.05, 3.63) is 63.9 Å². The van der Waals surface area contributed by atoms with Crippen LogP contribution in [0, 0.1) is 5.82 Å². The van der Waals surface area contributed by atoms with E-state index in [1.165, 1.54) is 12.1 Å². The number of halogens is 2. The van der Waals surface area contributed by atoms with Gasteiger partial charge >= 0.3 is 0 Å². The number of amides is 1. The highest BCUT2D eigenvalue weighted by Gasteiger charge is 2.13. The lowest BCUT2D eigenvalue weighted by Crippen LogP contribution is -2.37. The van der Waals surface area contributed by atoms with Gasteiger partial charge in [-0.2, -0.15) is 0 Å². The molecule has 0 saturated heterocycles. The van der Waals surface area contributed by atoms with Gasteiger partial charge in [-0.05, 0) is 111 Å². The molecule has 0 spiro atoms. The van der Waals surface area contributed by atoms with Crippen LogP contribution in [0.5, 0.6) is 5.75 Å². The van der Waals surface area contributed by atoms with E-state index in [9.17, 15) is 9.18 Å². The van der Waals surface area contributed by atoms with E-state index in [0.717, 1.165) is 42.0 Å². The van der Waals surface area contributed by atoms with Crippen LogP contribution in [-0.4, -0.2) is 36.5 Å². The minimum atomic E-state index is -0.336. The first-order chi connectivity index (χ1) is 14.7. The molecule has 0 aliphatic carbocycles. The Morgan fingerprint density at radius 2 is 1.87 bits per heavy atom. The van der Waals surface area contributed by atoms with Crippen LogP contribution in [0.1, 0.15) is 45.2 Å². The molecule has 2 aromatic rings. The van der Waals surface area contributed by atoms with Gasteiger partial charge in [-0.15, -0.1) is 0 Å². The molecule has 0 unspecified atom stereocenters. The van der Waals surface area contributed by atoms with Crippen LogP contribution in [0.3, 0.4) is 0 Å². The van der Waals surface area contributed by atoms with Crippen molar-refractivity contribution in [3.63, 3.8) is 0 Å². The lowest BCUT2D eigenvalue weighted by Gasteiger charge is -2.30. The molecule has 0 saturated carbocycles. The summed E-state index contributed by atoms with van der Waals surface area (Å²) in [5, 5.41) is 2.89. The number of benzene rings is 2. The number of hydrogen-bond donors (Lipinski definition) is 1. The van der Waals surface area contributed by atoms with Crippen molar-refractivity contribution in [1.29, 1.82) is 0 Å². The number of carbonyl (C=O) groups is 1. The number of nitrogens with one attached hydrogen (secondary N) is 1. The van der Waals surface area contributed by atoms with Gasteiger partial charge in [0.25, 0.3) is 0 Å². The third kappa shape index (κ3) is 7.78. The zero-order valence-electron chi connectivity index (χ0n) is 18.9. The zero-order valence-corrected chi connectivity index (χ0v) is 20.5. The Labute approximate surface area is 193 Å². The second-order valence-corrected chi connectivity index (χ2v) is 8.91. The van der Waals surface area contributed by atoms with E-state index in [0.29, 0.717) is 16.6 Å². The predicted molar refractivity (Wildman–Crippen MR) is 130 cm³/mol. The molecule has 2 rings (SSSR count). The highest BCUT2D eigenvalue weighted by Crippen LogP contribution is 2.25. The quantitative estimate of drug-likeness (QED) is 0.397. The summed E-state index contributed by atoms with van der Waals surface area (Å²) >= 11 is 3.15. The molecule has 0 bridgehead atoms. The fourth-order valence-electron chi connectivity index (χ4n) is 3.59. The van der Waals surface area contributed by atoms with Gasteiger partial charge in [-0.3, -0.25) is 9.69 Å². The molecule has 0 radical (unpaired) electrons. The number of ether oxygens (including phenoxy) is 1. The van der Waals surface area contributed by atoms with Crippen molar-refractivity contribution in [2.75, 3.05) is 19.0 Å². The summed E-state index contributed by atoms with van der Waals surface area (Å²) in [7, 11) is 1.66. The lowest BCUT2D eigenvalue weighted by molar-refractivity contribution is -0.111. The van der Waals surface area contributed by atoms with E-state index >= 15 is 0 Å². The summed E-state index contributed by atoms with van der Waals surface area (Å²) < 4.78 is 19.2. The first kappa shape index (κ1) is 25.1. The third-order valence-electron chi connectivity index (χ3n) is 5.11. The van der Waals surface area contributed by atoms with Gasteiger partial charge in [0.15, 0.2) is 0 Å². The summed E-state index contributed by atoms with van der Waals surface area (Å²) in [6, 6.07) is 11.3. The molecule has 4 nitrogen and oxygen atoms in total. The average Bonchev–Trinajstić information content (AvgIpc) is 2.71. The van der Waals surface area contributed by atoms with E-state index < -0.39 is 0 Å². The predicted octanol–water partition coefficient (Wildman–Crippen LogP) is 6.30. The van der Waals surface area contributed by atoms with E-state index in [4.69, 9.17) is 4.74 Å². The highest BCUT2D eigenvalue weighted by molar-refractivity contribution is 9.10. The lowest BCUT2D eigenvalue weighted by atomic mass is 10.1. The Kier molecular flexibility index (Phi) is 9.72. The summed E-state index contributed by atoms with van der Waals surface area (Å²) in [6.07, 6.45) is 4.95. The number of hydrogen-bond acceptors (Lipinski definition) is 3. The van der Waals surface area contributed by atoms with Crippen LogP contribution >= 0.6 is 15.9 Å². The van der Waals surface area contributed by atoms with Crippen molar-refractivity contribution < 1.29 is 13.9 Å². The maximum atomic E-state index is 13.3. The molecule has 0 aliphatic heterocycles. The average molecular weight is 491 g/mol. The van der Waals surface area contributed by atoms with E-state index in [2.05, 4.69) is 53.8 Å². The van der Waals surface area contributed by atoms with Crippen molar-refractivity contribution in [2.45, 2.75) is 52.6 Å². The van der Waals surface area contributed by atoms with E-state index in [1.807, 2.05) is 18.2 Å². The largest absolute Gasteiger partial charge is 0.496 e. The van der Waals surface area contributed by atoms with Crippen LogP contribution in [0.25, 0.3) is 6.08 Å². The number of methoxy groups -OCH3 is 1. The standard InChI is InChI=1S/C25H32BrFN2O2/c1-17(2)29(18(3)4)14-6-7-20-16-21(10-12-24(20)31-5)28-25(30)13-9-19-8-11-23(27)22(26)15-19/h8-13,15-18H,6-7,14H2,1-5H3,(H,28,30). The molecule has 2 aromatic carbocycles. The second kappa shape index (κ2) is 12.0. The van der Waals surface area contributed by atoms with Crippen LogP contribution in [0.2, 0.25) is 0 Å². The third-order valence-corrected chi connectivity index (χ3v) is 5.72. The van der Waals surface area contributed by atoms with Crippen molar-refractivity contribution in [3.8, 4) is 5.75 Å². The van der Waals surface area contributed by atoms with Gasteiger partial charge < -0.3 is 10.1 Å². The summed E-state index contributed by atoms with van der Waals surface area (Å²) in [5.74, 6) is 0.241. The van der Waals surface area contributed by atoms with Gasteiger partial charge in [-0.1, -0.05) is 6.07 Å². The molecular formula is C25H32BrFN2O2. The fraction of sp³-hybridized carbons (Fsp3) is 0.400. The van der Waals surface area contributed by atoms with Crippen molar-refractivity contribution in [2.24, 2.45) is 0 Å². The molecule has 0 heterocycles. The second-order valence-electron chi connectivity index (χ2n) is 8.05. The first-order valence-corrected chi connectivity index (χ1v) is 11.4. The maximum absolute atomic E-state index is 13.3. The molecule has 31 heavy (non-hydrogen) atoms. The molecule has 0 fully saturated rings. The molecular weight excluding hydrogens is 459 g/mol. The Bertz CT molecular complexity index is 904. The summed E-state index contributed by atoms with van der Waals surface area (Å²) in [5.41, 5.74) is 2.52. The van der Waals surface area contributed by atoms with Gasteiger partial charge in [0.05, 0.1) is 11.6 Å². The van der Waals surface area contributed by atoms with Gasteiger partial charge in [-0.25, -0.2) is 4.39 Å². The monoisotopic (exact) mass is 490 g/mol. The zero-order chi connectivity index (χ0) is 23.0. The van der Waals surface area contributed by atoms with E-state index in [1.54, 1.807) is 25.3 Å². The Balaban J connectivity index is 2.02. The minimum Gasteiger partial charge on any atom is -0.496 e. The molecule has 6 heteroatoms. The van der Waals surface area contributed by atoms with Crippen LogP contribution in [0.15, 0.2) is 46.9 Å². The Morgan fingerprint density at radius 1 is 1.16 bits per heavy atom. The molecule has 1 amide bonds. The molecule has 0 aromatic heterocycles.